The third kappa shape index (κ3) is 7.57. The number of rotatable bonds is 8. The van der Waals surface area contributed by atoms with Crippen LogP contribution in [0.25, 0.3) is 5.69 Å². The molecule has 2 N–H and O–H groups in total. The molecule has 0 saturated carbocycles. The Hall–Kier alpha value is -3.74. The standard InChI is InChI=1S/C32H39ClF2N6O4/c1-32(2,3)45-31(43)40-14-8-11-26(40)28-27(33)29(41(38-28)21-9-6-5-7-10-21)37-30(42)36-25-19-39(15-16-44-4)18-22(25)20-12-13-23(34)24(35)17-20/h5-7,9-10,12-13,17,22,25-26H,8,11,14-16,18-19H2,1-4H3,(H2,36,37,42). The van der Waals surface area contributed by atoms with Crippen LogP contribution in [-0.2, 0) is 9.47 Å². The van der Waals surface area contributed by atoms with Gasteiger partial charge in [0.15, 0.2) is 17.5 Å². The fourth-order valence-corrected chi connectivity index (χ4v) is 6.20. The Labute approximate surface area is 266 Å². The molecule has 10 nitrogen and oxygen atoms in total. The summed E-state index contributed by atoms with van der Waals surface area (Å²) in [5.41, 5.74) is 1.02. The van der Waals surface area contributed by atoms with Crippen LogP contribution in [0.4, 0.5) is 24.2 Å². The van der Waals surface area contributed by atoms with E-state index in [0.29, 0.717) is 56.2 Å². The van der Waals surface area contributed by atoms with Crippen molar-refractivity contribution >= 4 is 29.5 Å². The number of hydrogen-bond acceptors (Lipinski definition) is 6. The molecule has 13 heteroatoms. The second kappa shape index (κ2) is 13.7. The molecule has 2 aliphatic heterocycles. The van der Waals surface area contributed by atoms with Gasteiger partial charge < -0.3 is 14.8 Å². The SMILES string of the molecule is COCCN1CC(NC(=O)Nc2c(Cl)c(C3CCCN3C(=O)OC(C)(C)C)nn2-c2ccccc2)C(c2ccc(F)c(F)c2)C1. The molecule has 2 saturated heterocycles. The summed E-state index contributed by atoms with van der Waals surface area (Å²) in [7, 11) is 1.61. The number of amides is 3. The van der Waals surface area contributed by atoms with E-state index in [-0.39, 0.29) is 16.8 Å². The smallest absolute Gasteiger partial charge is 0.410 e. The molecule has 3 aromatic rings. The van der Waals surface area contributed by atoms with Crippen LogP contribution < -0.4 is 10.6 Å². The van der Waals surface area contributed by atoms with Gasteiger partial charge in [0.25, 0.3) is 0 Å². The topological polar surface area (TPSA) is 101 Å². The lowest BCUT2D eigenvalue weighted by atomic mass is 9.94. The third-order valence-electron chi connectivity index (χ3n) is 7.98. The van der Waals surface area contributed by atoms with Crippen molar-refractivity contribution in [3.8, 4) is 5.69 Å². The number of nitrogens with zero attached hydrogens (tertiary/aromatic N) is 4. The van der Waals surface area contributed by atoms with E-state index in [9.17, 15) is 18.4 Å². The van der Waals surface area contributed by atoms with Crippen LogP contribution in [0.1, 0.15) is 56.8 Å². The zero-order valence-corrected chi connectivity index (χ0v) is 26.6. The first kappa shape index (κ1) is 32.6. The van der Waals surface area contributed by atoms with Gasteiger partial charge in [0, 0.05) is 39.2 Å². The summed E-state index contributed by atoms with van der Waals surface area (Å²) in [6.45, 7) is 8.02. The van der Waals surface area contributed by atoms with E-state index in [1.165, 1.54) is 6.07 Å². The normalized spacial score (nSPS) is 20.4. The first-order valence-corrected chi connectivity index (χ1v) is 15.4. The Morgan fingerprint density at radius 2 is 1.84 bits per heavy atom. The van der Waals surface area contributed by atoms with Crippen molar-refractivity contribution in [1.29, 1.82) is 0 Å². The van der Waals surface area contributed by atoms with E-state index in [0.717, 1.165) is 12.5 Å². The predicted octanol–water partition coefficient (Wildman–Crippen LogP) is 6.11. The molecule has 0 bridgehead atoms. The molecule has 0 radical (unpaired) electrons. The number of likely N-dealkylation sites (tertiary alicyclic amines) is 2. The molecule has 242 valence electrons. The van der Waals surface area contributed by atoms with E-state index < -0.39 is 41.4 Å². The molecule has 2 aliphatic rings. The average molecular weight is 645 g/mol. The Kier molecular flexibility index (Phi) is 9.95. The number of para-hydroxylation sites is 1. The van der Waals surface area contributed by atoms with Gasteiger partial charge in [0.2, 0.25) is 0 Å². The molecule has 2 fully saturated rings. The summed E-state index contributed by atoms with van der Waals surface area (Å²) in [4.78, 5) is 30.4. The quantitative estimate of drug-likeness (QED) is 0.307. The van der Waals surface area contributed by atoms with Crippen molar-refractivity contribution < 1.29 is 27.8 Å². The molecule has 2 aromatic carbocycles. The largest absolute Gasteiger partial charge is 0.444 e. The summed E-state index contributed by atoms with van der Waals surface area (Å²) >= 11 is 6.96. The zero-order chi connectivity index (χ0) is 32.3. The first-order valence-electron chi connectivity index (χ1n) is 15.0. The zero-order valence-electron chi connectivity index (χ0n) is 25.9. The second-order valence-electron chi connectivity index (χ2n) is 12.4. The number of carbonyl (C=O) groups excluding carboxylic acids is 2. The third-order valence-corrected chi connectivity index (χ3v) is 8.35. The van der Waals surface area contributed by atoms with Gasteiger partial charge >= 0.3 is 12.1 Å². The number of hydrogen-bond donors (Lipinski definition) is 2. The number of anilines is 1. The van der Waals surface area contributed by atoms with Gasteiger partial charge in [-0.2, -0.15) is 5.10 Å². The van der Waals surface area contributed by atoms with Gasteiger partial charge in [-0.05, 0) is 63.4 Å². The fourth-order valence-electron chi connectivity index (χ4n) is 5.91. The molecule has 3 amide bonds. The highest BCUT2D eigenvalue weighted by Gasteiger charge is 2.38. The number of ether oxygens (including phenoxy) is 2. The Morgan fingerprint density at radius 3 is 2.53 bits per heavy atom. The lowest BCUT2D eigenvalue weighted by Gasteiger charge is -2.28. The fraction of sp³-hybridized carbons (Fsp3) is 0.469. The highest BCUT2D eigenvalue weighted by atomic mass is 35.5. The molecule has 0 aliphatic carbocycles. The Bertz CT molecular complexity index is 1520. The minimum absolute atomic E-state index is 0.208. The van der Waals surface area contributed by atoms with Crippen LogP contribution in [0.15, 0.2) is 48.5 Å². The van der Waals surface area contributed by atoms with Gasteiger partial charge in [-0.1, -0.05) is 35.9 Å². The van der Waals surface area contributed by atoms with Crippen LogP contribution >= 0.6 is 11.6 Å². The van der Waals surface area contributed by atoms with Crippen molar-refractivity contribution in [2.75, 3.05) is 45.2 Å². The van der Waals surface area contributed by atoms with Crippen molar-refractivity contribution in [2.45, 2.75) is 57.2 Å². The summed E-state index contributed by atoms with van der Waals surface area (Å²) in [6, 6.07) is 11.6. The number of carbonyl (C=O) groups is 2. The Balaban J connectivity index is 1.42. The number of urea groups is 1. The number of aromatic nitrogens is 2. The molecule has 5 rings (SSSR count). The number of halogens is 3. The minimum atomic E-state index is -0.940. The Morgan fingerprint density at radius 1 is 1.09 bits per heavy atom. The van der Waals surface area contributed by atoms with Crippen LogP contribution in [0.2, 0.25) is 5.02 Å². The van der Waals surface area contributed by atoms with Gasteiger partial charge in [-0.25, -0.2) is 23.1 Å². The molecule has 0 spiro atoms. The monoisotopic (exact) mass is 644 g/mol. The van der Waals surface area contributed by atoms with Gasteiger partial charge in [-0.15, -0.1) is 0 Å². The molecule has 3 atom stereocenters. The van der Waals surface area contributed by atoms with Crippen molar-refractivity contribution in [1.82, 2.24) is 24.9 Å². The molecule has 3 unspecified atom stereocenters. The maximum Gasteiger partial charge on any atom is 0.410 e. The lowest BCUT2D eigenvalue weighted by Crippen LogP contribution is -2.42. The maximum absolute atomic E-state index is 14.2. The summed E-state index contributed by atoms with van der Waals surface area (Å²) in [5, 5.41) is 10.9. The highest BCUT2D eigenvalue weighted by Crippen LogP contribution is 2.40. The average Bonchev–Trinajstić information content (AvgIpc) is 3.71. The van der Waals surface area contributed by atoms with Crippen LogP contribution in [-0.4, -0.2) is 83.2 Å². The van der Waals surface area contributed by atoms with E-state index in [1.807, 2.05) is 51.1 Å². The van der Waals surface area contributed by atoms with E-state index in [4.69, 9.17) is 26.2 Å². The lowest BCUT2D eigenvalue weighted by molar-refractivity contribution is 0.0221. The molecule has 3 heterocycles. The van der Waals surface area contributed by atoms with Crippen molar-refractivity contribution in [3.05, 3.63) is 76.4 Å². The number of benzene rings is 2. The van der Waals surface area contributed by atoms with Gasteiger partial charge in [-0.3, -0.25) is 15.1 Å². The van der Waals surface area contributed by atoms with E-state index >= 15 is 0 Å². The molecular formula is C32H39ClF2N6O4. The number of methoxy groups -OCH3 is 1. The molecular weight excluding hydrogens is 606 g/mol. The van der Waals surface area contributed by atoms with Gasteiger partial charge in [0.05, 0.1) is 24.4 Å². The maximum atomic E-state index is 14.2. The molecule has 45 heavy (non-hydrogen) atoms. The van der Waals surface area contributed by atoms with Crippen molar-refractivity contribution in [3.63, 3.8) is 0 Å². The van der Waals surface area contributed by atoms with Crippen LogP contribution in [0, 0.1) is 11.6 Å². The second-order valence-corrected chi connectivity index (χ2v) is 12.7. The summed E-state index contributed by atoms with van der Waals surface area (Å²) < 4.78 is 40.3. The predicted molar refractivity (Wildman–Crippen MR) is 167 cm³/mol. The summed E-state index contributed by atoms with van der Waals surface area (Å²) in [6.07, 6.45) is 0.921. The van der Waals surface area contributed by atoms with E-state index in [2.05, 4.69) is 15.5 Å². The van der Waals surface area contributed by atoms with Crippen LogP contribution in [0.5, 0.6) is 0 Å². The number of nitrogens with one attached hydrogen (secondary N) is 2. The van der Waals surface area contributed by atoms with Gasteiger partial charge in [0.1, 0.15) is 16.3 Å². The first-order chi connectivity index (χ1) is 21.4. The highest BCUT2D eigenvalue weighted by molar-refractivity contribution is 6.34. The minimum Gasteiger partial charge on any atom is -0.444 e. The summed E-state index contributed by atoms with van der Waals surface area (Å²) in [5.74, 6) is -1.93. The van der Waals surface area contributed by atoms with Crippen molar-refractivity contribution in [2.24, 2.45) is 0 Å². The van der Waals surface area contributed by atoms with E-state index in [1.54, 1.807) is 22.8 Å². The van der Waals surface area contributed by atoms with Crippen LogP contribution in [0.3, 0.4) is 0 Å². The molecule has 1 aromatic heterocycles.